The Labute approximate surface area is 150 Å². The van der Waals surface area contributed by atoms with Crippen molar-refractivity contribution in [1.82, 2.24) is 5.32 Å². The Morgan fingerprint density at radius 2 is 1.85 bits per heavy atom. The second kappa shape index (κ2) is 6.75. The maximum absolute atomic E-state index is 14.1. The maximum atomic E-state index is 14.1. The Hall–Kier alpha value is -2.35. The summed E-state index contributed by atoms with van der Waals surface area (Å²) in [7, 11) is 0. The normalized spacial score (nSPS) is 19.2. The van der Waals surface area contributed by atoms with Crippen LogP contribution in [0.2, 0.25) is 0 Å². The Morgan fingerprint density at radius 1 is 1.19 bits per heavy atom. The van der Waals surface area contributed by atoms with Crippen molar-refractivity contribution in [3.05, 3.63) is 64.5 Å². The molecule has 1 unspecified atom stereocenters. The van der Waals surface area contributed by atoms with Crippen molar-refractivity contribution in [1.29, 1.82) is 0 Å². The summed E-state index contributed by atoms with van der Waals surface area (Å²) in [5, 5.41) is 0.338. The monoisotopic (exact) mass is 383 g/mol. The molecule has 0 aromatic heterocycles. The van der Waals surface area contributed by atoms with Gasteiger partial charge >= 0.3 is 0 Å². The zero-order valence-corrected chi connectivity index (χ0v) is 14.4. The van der Waals surface area contributed by atoms with Crippen LogP contribution in [-0.2, 0) is 17.8 Å². The first-order chi connectivity index (χ1) is 12.2. The van der Waals surface area contributed by atoms with Gasteiger partial charge in [0.25, 0.3) is 5.91 Å². The molecule has 1 aliphatic rings. The second-order valence-electron chi connectivity index (χ2n) is 5.97. The number of thioether (sulfide) groups is 1. The van der Waals surface area contributed by atoms with E-state index in [0.717, 1.165) is 11.8 Å². The van der Waals surface area contributed by atoms with Gasteiger partial charge in [0.05, 0.1) is 0 Å². The van der Waals surface area contributed by atoms with Crippen molar-refractivity contribution >= 4 is 23.5 Å². The molecule has 3 nitrogen and oxygen atoms in total. The molecule has 0 aliphatic carbocycles. The van der Waals surface area contributed by atoms with Crippen molar-refractivity contribution < 1.29 is 27.2 Å². The summed E-state index contributed by atoms with van der Waals surface area (Å²) in [4.78, 5) is 24.5. The Bertz CT molecular complexity index is 891. The summed E-state index contributed by atoms with van der Waals surface area (Å²) in [5.41, 5.74) is 0.223. The highest BCUT2D eigenvalue weighted by molar-refractivity contribution is 8.01. The van der Waals surface area contributed by atoms with Gasteiger partial charge in [0.2, 0.25) is 5.00 Å². The topological polar surface area (TPSA) is 46.2 Å². The van der Waals surface area contributed by atoms with E-state index < -0.39 is 46.3 Å². The molecule has 0 bridgehead atoms. The van der Waals surface area contributed by atoms with E-state index in [1.807, 2.05) is 0 Å². The minimum Gasteiger partial charge on any atom is -0.348 e. The van der Waals surface area contributed by atoms with E-state index in [4.69, 9.17) is 0 Å². The van der Waals surface area contributed by atoms with E-state index in [9.17, 15) is 27.2 Å². The van der Waals surface area contributed by atoms with Gasteiger partial charge in [-0.2, -0.15) is 0 Å². The molecule has 8 heteroatoms. The predicted octanol–water partition coefficient (Wildman–Crippen LogP) is 3.94. The molecule has 1 atom stereocenters. The molecule has 136 valence electrons. The third-order valence-electron chi connectivity index (χ3n) is 4.00. The van der Waals surface area contributed by atoms with Crippen molar-refractivity contribution in [2.24, 2.45) is 0 Å². The number of amides is 1. The summed E-state index contributed by atoms with van der Waals surface area (Å²) >= 11 is 0.776. The van der Waals surface area contributed by atoms with Crippen LogP contribution in [0.25, 0.3) is 0 Å². The third kappa shape index (κ3) is 3.60. The van der Waals surface area contributed by atoms with Crippen LogP contribution in [0.4, 0.5) is 17.6 Å². The highest BCUT2D eigenvalue weighted by Crippen LogP contribution is 2.42. The fourth-order valence-corrected chi connectivity index (χ4v) is 3.56. The lowest BCUT2D eigenvalue weighted by molar-refractivity contribution is -0.124. The largest absolute Gasteiger partial charge is 0.348 e. The van der Waals surface area contributed by atoms with Crippen LogP contribution >= 0.6 is 11.8 Å². The molecule has 0 spiro atoms. The summed E-state index contributed by atoms with van der Waals surface area (Å²) in [5.74, 6) is -4.47. The number of carbonyl (C=O) groups excluding carboxylic acids is 2. The predicted molar refractivity (Wildman–Crippen MR) is 88.0 cm³/mol. The molecule has 1 heterocycles. The SMILES string of the molecule is CC1(F)Sc2ccc(C(=O)NCc3c(F)cc(F)cc3F)cc2CC1=O. The molecule has 0 saturated heterocycles. The van der Waals surface area contributed by atoms with E-state index in [2.05, 4.69) is 5.32 Å². The fourth-order valence-electron chi connectivity index (χ4n) is 2.56. The summed E-state index contributed by atoms with van der Waals surface area (Å²) < 4.78 is 54.1. The van der Waals surface area contributed by atoms with Gasteiger partial charge in [-0.1, -0.05) is 11.8 Å². The number of rotatable bonds is 3. The minimum absolute atomic E-state index is 0.141. The van der Waals surface area contributed by atoms with Crippen LogP contribution in [0.5, 0.6) is 0 Å². The summed E-state index contributed by atoms with van der Waals surface area (Å²) in [6.45, 7) is 0.722. The van der Waals surface area contributed by atoms with E-state index >= 15 is 0 Å². The molecule has 26 heavy (non-hydrogen) atoms. The van der Waals surface area contributed by atoms with Gasteiger partial charge in [0.15, 0.2) is 5.78 Å². The lowest BCUT2D eigenvalue weighted by Crippen LogP contribution is -2.32. The second-order valence-corrected chi connectivity index (χ2v) is 7.38. The first-order valence-electron chi connectivity index (χ1n) is 7.63. The molecule has 0 radical (unpaired) electrons. The van der Waals surface area contributed by atoms with E-state index in [1.165, 1.54) is 25.1 Å². The number of fused-ring (bicyclic) bond motifs is 1. The molecule has 2 aromatic carbocycles. The van der Waals surface area contributed by atoms with Crippen LogP contribution in [0.1, 0.15) is 28.4 Å². The number of alkyl halides is 1. The van der Waals surface area contributed by atoms with Crippen LogP contribution in [0.15, 0.2) is 35.2 Å². The Balaban J connectivity index is 1.76. The van der Waals surface area contributed by atoms with E-state index in [0.29, 0.717) is 22.6 Å². The summed E-state index contributed by atoms with van der Waals surface area (Å²) in [6.07, 6.45) is -0.141. The van der Waals surface area contributed by atoms with Gasteiger partial charge in [-0.25, -0.2) is 17.6 Å². The number of ketones is 1. The highest BCUT2D eigenvalue weighted by atomic mass is 32.2. The van der Waals surface area contributed by atoms with Crippen molar-refractivity contribution in [3.8, 4) is 0 Å². The number of nitrogens with one attached hydrogen (secondary N) is 1. The smallest absolute Gasteiger partial charge is 0.251 e. The summed E-state index contributed by atoms with van der Waals surface area (Å²) in [6, 6.07) is 5.46. The molecular formula is C18H13F4NO2S. The third-order valence-corrected chi connectivity index (χ3v) is 5.23. The van der Waals surface area contributed by atoms with Gasteiger partial charge in [0, 0.05) is 41.1 Å². The number of carbonyl (C=O) groups is 2. The molecule has 1 N–H and O–H groups in total. The van der Waals surface area contributed by atoms with Crippen LogP contribution < -0.4 is 5.32 Å². The van der Waals surface area contributed by atoms with Gasteiger partial charge in [-0.05, 0) is 30.7 Å². The van der Waals surface area contributed by atoms with E-state index in [1.54, 1.807) is 0 Å². The molecule has 0 saturated carbocycles. The lowest BCUT2D eigenvalue weighted by atomic mass is 10.0. The Morgan fingerprint density at radius 3 is 2.50 bits per heavy atom. The van der Waals surface area contributed by atoms with Gasteiger partial charge in [-0.15, -0.1) is 0 Å². The van der Waals surface area contributed by atoms with Crippen LogP contribution in [0.3, 0.4) is 0 Å². The molecule has 3 rings (SSSR count). The van der Waals surface area contributed by atoms with Gasteiger partial charge in [0.1, 0.15) is 17.5 Å². The first kappa shape index (κ1) is 18.4. The number of benzene rings is 2. The van der Waals surface area contributed by atoms with Gasteiger partial charge in [-0.3, -0.25) is 9.59 Å². The molecule has 0 fully saturated rings. The molecule has 2 aromatic rings. The minimum atomic E-state index is -2.01. The quantitative estimate of drug-likeness (QED) is 0.817. The molecular weight excluding hydrogens is 370 g/mol. The van der Waals surface area contributed by atoms with E-state index in [-0.39, 0.29) is 12.0 Å². The van der Waals surface area contributed by atoms with Crippen molar-refractivity contribution in [2.75, 3.05) is 0 Å². The van der Waals surface area contributed by atoms with Crippen molar-refractivity contribution in [3.63, 3.8) is 0 Å². The first-order valence-corrected chi connectivity index (χ1v) is 8.45. The van der Waals surface area contributed by atoms with Crippen LogP contribution in [-0.4, -0.2) is 16.7 Å². The average Bonchev–Trinajstić information content (AvgIpc) is 2.54. The zero-order chi connectivity index (χ0) is 19.1. The van der Waals surface area contributed by atoms with Crippen molar-refractivity contribution in [2.45, 2.75) is 29.8 Å². The maximum Gasteiger partial charge on any atom is 0.251 e. The Kier molecular flexibility index (Phi) is 4.79. The van der Waals surface area contributed by atoms with Crippen LogP contribution in [0, 0.1) is 17.5 Å². The molecule has 1 amide bonds. The lowest BCUT2D eigenvalue weighted by Gasteiger charge is -2.25. The number of Topliss-reactive ketones (excluding diaryl/α,β-unsaturated/α-hetero) is 1. The number of hydrogen-bond donors (Lipinski definition) is 1. The average molecular weight is 383 g/mol. The highest BCUT2D eigenvalue weighted by Gasteiger charge is 2.38. The molecule has 1 aliphatic heterocycles. The zero-order valence-electron chi connectivity index (χ0n) is 13.5. The standard InChI is InChI=1S/C18H13F4NO2S/c1-18(22)16(24)5-10-4-9(2-3-15(10)26-18)17(25)23-8-12-13(20)6-11(19)7-14(12)21/h2-4,6-7H,5,8H2,1H3,(H,23,25). The number of hydrogen-bond acceptors (Lipinski definition) is 3. The fraction of sp³-hybridized carbons (Fsp3) is 0.222. The van der Waals surface area contributed by atoms with Gasteiger partial charge < -0.3 is 5.32 Å². The number of halogens is 4.